The van der Waals surface area contributed by atoms with Gasteiger partial charge in [-0.1, -0.05) is 17.4 Å². The molecule has 0 spiro atoms. The van der Waals surface area contributed by atoms with Gasteiger partial charge in [0.1, 0.15) is 5.75 Å². The molecule has 1 aromatic heterocycles. The predicted octanol–water partition coefficient (Wildman–Crippen LogP) is 3.45. The summed E-state index contributed by atoms with van der Waals surface area (Å²) < 4.78 is 9.96. The Balaban J connectivity index is 2.01. The van der Waals surface area contributed by atoms with Crippen LogP contribution in [0.2, 0.25) is 0 Å². The number of thiophene rings is 1. The highest BCUT2D eigenvalue weighted by Crippen LogP contribution is 2.25. The van der Waals surface area contributed by atoms with Crippen molar-refractivity contribution in [1.29, 1.82) is 0 Å². The van der Waals surface area contributed by atoms with Crippen molar-refractivity contribution < 1.29 is 24.0 Å². The molecule has 24 heavy (non-hydrogen) atoms. The van der Waals surface area contributed by atoms with Gasteiger partial charge in [-0.2, -0.15) is 0 Å². The van der Waals surface area contributed by atoms with Crippen molar-refractivity contribution in [2.24, 2.45) is 0 Å². The fraction of sp³-hybridized carbons (Fsp3) is 0.125. The third-order valence-electron chi connectivity index (χ3n) is 2.74. The first-order valence-corrected chi connectivity index (χ1v) is 7.72. The lowest BCUT2D eigenvalue weighted by atomic mass is 10.2. The molecule has 124 valence electrons. The summed E-state index contributed by atoms with van der Waals surface area (Å²) >= 11 is 0.946. The normalized spacial score (nSPS) is 10.5. The third-order valence-corrected chi connectivity index (χ3v) is 3.74. The molecule has 0 saturated heterocycles. The fourth-order valence-electron chi connectivity index (χ4n) is 1.73. The Labute approximate surface area is 141 Å². The second kappa shape index (κ2) is 8.02. The Kier molecular flexibility index (Phi) is 5.80. The highest BCUT2D eigenvalue weighted by Gasteiger charge is 2.10. The highest BCUT2D eigenvalue weighted by molar-refractivity contribution is 7.16. The van der Waals surface area contributed by atoms with E-state index in [4.69, 9.17) is 9.47 Å². The lowest BCUT2D eigenvalue weighted by molar-refractivity contribution is -0.380. The quantitative estimate of drug-likeness (QED) is 0.261. The van der Waals surface area contributed by atoms with Crippen LogP contribution in [0.25, 0.3) is 6.08 Å². The van der Waals surface area contributed by atoms with Crippen molar-refractivity contribution in [2.75, 3.05) is 6.61 Å². The number of nitrogens with zero attached hydrogens (tertiary/aromatic N) is 1. The van der Waals surface area contributed by atoms with Gasteiger partial charge < -0.3 is 9.47 Å². The van der Waals surface area contributed by atoms with Crippen LogP contribution >= 0.6 is 11.3 Å². The van der Waals surface area contributed by atoms with Crippen molar-refractivity contribution in [1.82, 2.24) is 0 Å². The van der Waals surface area contributed by atoms with Gasteiger partial charge in [0.15, 0.2) is 0 Å². The largest absolute Gasteiger partial charge is 0.462 e. The van der Waals surface area contributed by atoms with E-state index in [1.807, 2.05) is 0 Å². The average Bonchev–Trinajstić information content (AvgIpc) is 3.03. The van der Waals surface area contributed by atoms with Gasteiger partial charge in [-0.25, -0.2) is 9.59 Å². The molecule has 0 N–H and O–H groups in total. The zero-order valence-corrected chi connectivity index (χ0v) is 13.4. The van der Waals surface area contributed by atoms with Crippen LogP contribution in [0, 0.1) is 10.1 Å². The van der Waals surface area contributed by atoms with E-state index in [9.17, 15) is 19.7 Å². The minimum absolute atomic E-state index is 0.00912. The SMILES string of the molecule is CCOC(=O)c1cccc(OC(=O)/C=C/c2ccc([N+](=O)[O-])s2)c1. The molecule has 0 atom stereocenters. The molecule has 0 aliphatic heterocycles. The number of benzene rings is 1. The second-order valence-electron chi connectivity index (χ2n) is 4.44. The molecule has 8 heteroatoms. The monoisotopic (exact) mass is 347 g/mol. The van der Waals surface area contributed by atoms with Crippen LogP contribution < -0.4 is 4.74 Å². The van der Waals surface area contributed by atoms with Crippen molar-refractivity contribution in [3.63, 3.8) is 0 Å². The minimum Gasteiger partial charge on any atom is -0.462 e. The Morgan fingerprint density at radius 1 is 1.29 bits per heavy atom. The fourth-order valence-corrected chi connectivity index (χ4v) is 2.46. The maximum atomic E-state index is 11.8. The van der Waals surface area contributed by atoms with Crippen molar-refractivity contribution in [3.05, 3.63) is 63.0 Å². The molecule has 0 unspecified atom stereocenters. The first-order chi connectivity index (χ1) is 11.5. The maximum Gasteiger partial charge on any atom is 0.338 e. The Bertz CT molecular complexity index is 795. The van der Waals surface area contributed by atoms with E-state index in [0.717, 1.165) is 17.4 Å². The maximum absolute atomic E-state index is 11.8. The molecule has 0 amide bonds. The lowest BCUT2D eigenvalue weighted by Gasteiger charge is -2.04. The van der Waals surface area contributed by atoms with Gasteiger partial charge in [-0.3, -0.25) is 10.1 Å². The van der Waals surface area contributed by atoms with Crippen LogP contribution in [0.3, 0.4) is 0 Å². The van der Waals surface area contributed by atoms with Crippen LogP contribution in [0.15, 0.2) is 42.5 Å². The highest BCUT2D eigenvalue weighted by atomic mass is 32.1. The number of hydrogen-bond acceptors (Lipinski definition) is 7. The zero-order chi connectivity index (χ0) is 17.5. The van der Waals surface area contributed by atoms with Crippen LogP contribution in [-0.2, 0) is 9.53 Å². The van der Waals surface area contributed by atoms with Gasteiger partial charge in [0, 0.05) is 17.0 Å². The number of ether oxygens (including phenoxy) is 2. The molecule has 0 fully saturated rings. The summed E-state index contributed by atoms with van der Waals surface area (Å²) in [6.07, 6.45) is 2.59. The standard InChI is InChI=1S/C16H13NO6S/c1-2-22-16(19)11-4-3-5-12(10-11)23-15(18)9-7-13-6-8-14(24-13)17(20)21/h3-10H,2H2,1H3/b9-7+. The van der Waals surface area contributed by atoms with Gasteiger partial charge in [-0.05, 0) is 37.3 Å². The summed E-state index contributed by atoms with van der Waals surface area (Å²) in [5.41, 5.74) is 0.278. The molecular formula is C16H13NO6S. The minimum atomic E-state index is -0.660. The molecule has 2 rings (SSSR count). The van der Waals surface area contributed by atoms with Crippen molar-refractivity contribution in [2.45, 2.75) is 6.92 Å². The molecule has 0 aliphatic rings. The number of esters is 2. The van der Waals surface area contributed by atoms with Gasteiger partial charge in [-0.15, -0.1) is 0 Å². The Morgan fingerprint density at radius 2 is 2.08 bits per heavy atom. The van der Waals surface area contributed by atoms with E-state index in [1.54, 1.807) is 19.1 Å². The number of nitro groups is 1. The zero-order valence-electron chi connectivity index (χ0n) is 12.6. The summed E-state index contributed by atoms with van der Waals surface area (Å²) in [5, 5.41) is 10.6. The van der Waals surface area contributed by atoms with E-state index < -0.39 is 16.9 Å². The van der Waals surface area contributed by atoms with Gasteiger partial charge in [0.05, 0.1) is 17.1 Å². The molecule has 1 heterocycles. The van der Waals surface area contributed by atoms with Gasteiger partial charge in [0.25, 0.3) is 0 Å². The van der Waals surface area contributed by atoms with E-state index in [1.165, 1.54) is 30.3 Å². The van der Waals surface area contributed by atoms with Crippen LogP contribution in [0.4, 0.5) is 5.00 Å². The Hall–Kier alpha value is -3.00. The van der Waals surface area contributed by atoms with E-state index in [0.29, 0.717) is 4.88 Å². The van der Waals surface area contributed by atoms with Crippen LogP contribution in [-0.4, -0.2) is 23.5 Å². The molecule has 2 aromatic rings. The summed E-state index contributed by atoms with van der Waals surface area (Å²) in [6.45, 7) is 1.94. The summed E-state index contributed by atoms with van der Waals surface area (Å²) in [6, 6.07) is 8.95. The third kappa shape index (κ3) is 4.75. The van der Waals surface area contributed by atoms with Gasteiger partial charge in [0.2, 0.25) is 0 Å². The lowest BCUT2D eigenvalue weighted by Crippen LogP contribution is -2.07. The second-order valence-corrected chi connectivity index (χ2v) is 5.53. The molecule has 7 nitrogen and oxygen atoms in total. The smallest absolute Gasteiger partial charge is 0.338 e. The van der Waals surface area contributed by atoms with Crippen LogP contribution in [0.1, 0.15) is 22.2 Å². The van der Waals surface area contributed by atoms with Crippen LogP contribution in [0.5, 0.6) is 5.75 Å². The molecule has 0 aliphatic carbocycles. The topological polar surface area (TPSA) is 95.7 Å². The first kappa shape index (κ1) is 17.4. The number of carbonyl (C=O) groups excluding carboxylic acids is 2. The summed E-state index contributed by atoms with van der Waals surface area (Å²) in [4.78, 5) is 34.0. The number of rotatable bonds is 6. The predicted molar refractivity (Wildman–Crippen MR) is 88.0 cm³/mol. The summed E-state index contributed by atoms with van der Waals surface area (Å²) in [7, 11) is 0. The van der Waals surface area contributed by atoms with E-state index >= 15 is 0 Å². The molecular weight excluding hydrogens is 334 g/mol. The first-order valence-electron chi connectivity index (χ1n) is 6.91. The van der Waals surface area contributed by atoms with Crippen molar-refractivity contribution >= 4 is 34.4 Å². The summed E-state index contributed by atoms with van der Waals surface area (Å²) in [5.74, 6) is -0.962. The number of hydrogen-bond donors (Lipinski definition) is 0. The van der Waals surface area contributed by atoms with E-state index in [-0.39, 0.29) is 22.9 Å². The molecule has 1 aromatic carbocycles. The number of carbonyl (C=O) groups is 2. The van der Waals surface area contributed by atoms with E-state index in [2.05, 4.69) is 0 Å². The van der Waals surface area contributed by atoms with Gasteiger partial charge >= 0.3 is 16.9 Å². The Morgan fingerprint density at radius 3 is 2.75 bits per heavy atom. The molecule has 0 bridgehead atoms. The average molecular weight is 347 g/mol. The molecule has 0 saturated carbocycles. The van der Waals surface area contributed by atoms with Crippen molar-refractivity contribution in [3.8, 4) is 5.75 Å². The molecule has 0 radical (unpaired) electrons.